The van der Waals surface area contributed by atoms with Gasteiger partial charge >= 0.3 is 11.8 Å². The van der Waals surface area contributed by atoms with E-state index in [4.69, 9.17) is 11.6 Å². The van der Waals surface area contributed by atoms with E-state index in [1.807, 2.05) is 0 Å². The van der Waals surface area contributed by atoms with Crippen LogP contribution < -0.4 is 10.6 Å². The number of carbonyl (C=O) groups excluding carboxylic acids is 2. The summed E-state index contributed by atoms with van der Waals surface area (Å²) in [6, 6.07) is 12.9. The summed E-state index contributed by atoms with van der Waals surface area (Å²) < 4.78 is 26.8. The maximum Gasteiger partial charge on any atom is 0.313 e. The van der Waals surface area contributed by atoms with Crippen molar-refractivity contribution < 1.29 is 18.0 Å². The van der Waals surface area contributed by atoms with Crippen LogP contribution in [0.2, 0.25) is 5.02 Å². The Morgan fingerprint density at radius 3 is 2.24 bits per heavy atom. The van der Waals surface area contributed by atoms with Gasteiger partial charge in [0.1, 0.15) is 0 Å². The monoisotopic (exact) mass is 435 g/mol. The number of halogens is 1. The maximum absolute atomic E-state index is 12.6. The van der Waals surface area contributed by atoms with Crippen molar-refractivity contribution in [3.05, 3.63) is 59.1 Å². The predicted molar refractivity (Wildman–Crippen MR) is 111 cm³/mol. The Hall–Kier alpha value is -2.42. The van der Waals surface area contributed by atoms with E-state index in [9.17, 15) is 18.0 Å². The van der Waals surface area contributed by atoms with Crippen LogP contribution in [0.25, 0.3) is 0 Å². The fourth-order valence-electron chi connectivity index (χ4n) is 3.04. The van der Waals surface area contributed by atoms with Crippen molar-refractivity contribution in [1.29, 1.82) is 0 Å². The highest BCUT2D eigenvalue weighted by Gasteiger charge is 2.25. The Morgan fingerprint density at radius 1 is 0.931 bits per heavy atom. The number of piperidine rings is 1. The number of sulfonamides is 1. The summed E-state index contributed by atoms with van der Waals surface area (Å²) in [5.74, 6) is -1.64. The van der Waals surface area contributed by atoms with Gasteiger partial charge in [0, 0.05) is 19.6 Å². The standard InChI is InChI=1S/C20H22ClN3O4S/c21-17-6-2-3-7-18(17)23-20(26)19(25)22-14-15-8-10-16(11-9-15)29(27,28)24-12-4-1-5-13-24/h2-3,6-11H,1,4-5,12-14H2,(H,22,25)(H,23,26). The number of rotatable bonds is 5. The van der Waals surface area contributed by atoms with Crippen LogP contribution in [0.5, 0.6) is 0 Å². The van der Waals surface area contributed by atoms with Gasteiger partial charge < -0.3 is 10.6 Å². The van der Waals surface area contributed by atoms with Gasteiger partial charge in [-0.2, -0.15) is 4.31 Å². The zero-order valence-corrected chi connectivity index (χ0v) is 17.3. The normalized spacial score (nSPS) is 14.9. The molecule has 1 fully saturated rings. The molecule has 1 aliphatic heterocycles. The molecule has 2 aromatic carbocycles. The summed E-state index contributed by atoms with van der Waals surface area (Å²) in [6.45, 7) is 1.18. The second kappa shape index (κ2) is 9.39. The SMILES string of the molecule is O=C(NCc1ccc(S(=O)(=O)N2CCCCC2)cc1)C(=O)Nc1ccccc1Cl. The molecule has 1 saturated heterocycles. The molecular weight excluding hydrogens is 414 g/mol. The first-order valence-corrected chi connectivity index (χ1v) is 11.1. The third-order valence-electron chi connectivity index (χ3n) is 4.66. The van der Waals surface area contributed by atoms with E-state index in [0.29, 0.717) is 29.4 Å². The molecule has 0 bridgehead atoms. The first kappa shape index (κ1) is 21.3. The van der Waals surface area contributed by atoms with E-state index in [2.05, 4.69) is 10.6 Å². The summed E-state index contributed by atoms with van der Waals surface area (Å²) in [6.07, 6.45) is 2.80. The van der Waals surface area contributed by atoms with E-state index in [0.717, 1.165) is 19.3 Å². The van der Waals surface area contributed by atoms with Crippen molar-refractivity contribution in [1.82, 2.24) is 9.62 Å². The van der Waals surface area contributed by atoms with E-state index < -0.39 is 21.8 Å². The van der Waals surface area contributed by atoms with E-state index in [1.165, 1.54) is 16.4 Å². The van der Waals surface area contributed by atoms with Crippen molar-refractivity contribution in [3.63, 3.8) is 0 Å². The van der Waals surface area contributed by atoms with Gasteiger partial charge in [-0.25, -0.2) is 8.42 Å². The summed E-state index contributed by atoms with van der Waals surface area (Å²) in [7, 11) is -3.49. The molecule has 0 unspecified atom stereocenters. The van der Waals surface area contributed by atoms with Gasteiger partial charge in [0.2, 0.25) is 10.0 Å². The fourth-order valence-corrected chi connectivity index (χ4v) is 4.74. The van der Waals surface area contributed by atoms with Crippen molar-refractivity contribution >= 4 is 39.1 Å². The molecule has 154 valence electrons. The molecule has 1 heterocycles. The predicted octanol–water partition coefficient (Wildman–Crippen LogP) is 2.77. The first-order valence-electron chi connectivity index (χ1n) is 9.31. The molecule has 3 rings (SSSR count). The average Bonchev–Trinajstić information content (AvgIpc) is 2.74. The van der Waals surface area contributed by atoms with Gasteiger partial charge in [0.05, 0.1) is 15.6 Å². The molecule has 29 heavy (non-hydrogen) atoms. The zero-order chi connectivity index (χ0) is 20.9. The number of nitrogens with one attached hydrogen (secondary N) is 2. The van der Waals surface area contributed by atoms with Crippen LogP contribution in [0, 0.1) is 0 Å². The lowest BCUT2D eigenvalue weighted by Gasteiger charge is -2.25. The van der Waals surface area contributed by atoms with Crippen LogP contribution in [0.4, 0.5) is 5.69 Å². The fraction of sp³-hybridized carbons (Fsp3) is 0.300. The number of carbonyl (C=O) groups is 2. The molecule has 0 radical (unpaired) electrons. The molecule has 0 saturated carbocycles. The van der Waals surface area contributed by atoms with Crippen molar-refractivity contribution in [3.8, 4) is 0 Å². The van der Waals surface area contributed by atoms with Crippen LogP contribution in [0.3, 0.4) is 0 Å². The number of para-hydroxylation sites is 1. The Morgan fingerprint density at radius 2 is 1.59 bits per heavy atom. The third kappa shape index (κ3) is 5.35. The van der Waals surface area contributed by atoms with Gasteiger partial charge in [-0.05, 0) is 42.7 Å². The lowest BCUT2D eigenvalue weighted by atomic mass is 10.2. The molecule has 0 aromatic heterocycles. The van der Waals surface area contributed by atoms with Crippen LogP contribution in [-0.2, 0) is 26.2 Å². The molecular formula is C20H22ClN3O4S. The number of nitrogens with zero attached hydrogens (tertiary/aromatic N) is 1. The van der Waals surface area contributed by atoms with Crippen LogP contribution in [-0.4, -0.2) is 37.6 Å². The number of anilines is 1. The average molecular weight is 436 g/mol. The third-order valence-corrected chi connectivity index (χ3v) is 6.90. The van der Waals surface area contributed by atoms with Crippen molar-refractivity contribution in [2.75, 3.05) is 18.4 Å². The quantitative estimate of drug-likeness (QED) is 0.706. The summed E-state index contributed by atoms with van der Waals surface area (Å²) in [5.41, 5.74) is 1.03. The van der Waals surface area contributed by atoms with Crippen LogP contribution in [0.15, 0.2) is 53.4 Å². The molecule has 2 N–H and O–H groups in total. The Balaban J connectivity index is 1.56. The summed E-state index contributed by atoms with van der Waals surface area (Å²) >= 11 is 5.95. The second-order valence-corrected chi connectivity index (χ2v) is 9.07. The Kier molecular flexibility index (Phi) is 6.89. The van der Waals surface area contributed by atoms with E-state index >= 15 is 0 Å². The first-order chi connectivity index (χ1) is 13.9. The minimum atomic E-state index is -3.49. The smallest absolute Gasteiger partial charge is 0.313 e. The molecule has 2 amide bonds. The highest BCUT2D eigenvalue weighted by atomic mass is 35.5. The number of hydrogen-bond donors (Lipinski definition) is 2. The van der Waals surface area contributed by atoms with Gasteiger partial charge in [-0.3, -0.25) is 9.59 Å². The number of hydrogen-bond acceptors (Lipinski definition) is 4. The van der Waals surface area contributed by atoms with Crippen molar-refractivity contribution in [2.45, 2.75) is 30.7 Å². The zero-order valence-electron chi connectivity index (χ0n) is 15.7. The number of amides is 2. The van der Waals surface area contributed by atoms with E-state index in [-0.39, 0.29) is 11.4 Å². The summed E-state index contributed by atoms with van der Waals surface area (Å²) in [5, 5.41) is 5.28. The Bertz CT molecular complexity index is 987. The summed E-state index contributed by atoms with van der Waals surface area (Å²) in [4.78, 5) is 24.2. The molecule has 0 spiro atoms. The molecule has 2 aromatic rings. The van der Waals surface area contributed by atoms with Crippen LogP contribution >= 0.6 is 11.6 Å². The maximum atomic E-state index is 12.6. The van der Waals surface area contributed by atoms with E-state index in [1.54, 1.807) is 36.4 Å². The van der Waals surface area contributed by atoms with Gasteiger partial charge in [0.15, 0.2) is 0 Å². The molecule has 0 atom stereocenters. The van der Waals surface area contributed by atoms with Gasteiger partial charge in [-0.1, -0.05) is 42.3 Å². The minimum absolute atomic E-state index is 0.0960. The highest BCUT2D eigenvalue weighted by molar-refractivity contribution is 7.89. The van der Waals surface area contributed by atoms with Gasteiger partial charge in [-0.15, -0.1) is 0 Å². The topological polar surface area (TPSA) is 95.6 Å². The van der Waals surface area contributed by atoms with Crippen LogP contribution in [0.1, 0.15) is 24.8 Å². The largest absolute Gasteiger partial charge is 0.344 e. The molecule has 9 heteroatoms. The van der Waals surface area contributed by atoms with Crippen molar-refractivity contribution in [2.24, 2.45) is 0 Å². The molecule has 0 aliphatic carbocycles. The molecule has 1 aliphatic rings. The number of benzene rings is 2. The highest BCUT2D eigenvalue weighted by Crippen LogP contribution is 2.21. The second-order valence-electron chi connectivity index (χ2n) is 6.73. The lowest BCUT2D eigenvalue weighted by Crippen LogP contribution is -2.35. The lowest BCUT2D eigenvalue weighted by molar-refractivity contribution is -0.136. The minimum Gasteiger partial charge on any atom is -0.344 e. The Labute approximate surface area is 175 Å². The van der Waals surface area contributed by atoms with Gasteiger partial charge in [0.25, 0.3) is 0 Å². The molecule has 7 nitrogen and oxygen atoms in total.